The van der Waals surface area contributed by atoms with E-state index in [-0.39, 0.29) is 6.15 Å². The zero-order chi connectivity index (χ0) is 18.2. The summed E-state index contributed by atoms with van der Waals surface area (Å²) in [5, 5.41) is 0. The van der Waals surface area contributed by atoms with Gasteiger partial charge in [-0.05, 0) is 12.1 Å². The van der Waals surface area contributed by atoms with Crippen LogP contribution in [0.5, 0.6) is 0 Å². The monoisotopic (exact) mass is 396 g/mol. The van der Waals surface area contributed by atoms with Gasteiger partial charge < -0.3 is 6.15 Å². The van der Waals surface area contributed by atoms with E-state index in [0.29, 0.717) is 0 Å². The van der Waals surface area contributed by atoms with Gasteiger partial charge in [0.1, 0.15) is 0 Å². The number of nitrogens with zero attached hydrogens (tertiary/aromatic N) is 1. The van der Waals surface area contributed by atoms with Crippen LogP contribution in [0, 0.1) is 0 Å². The Morgan fingerprint density at radius 2 is 0.913 bits per heavy atom. The lowest BCUT2D eigenvalue weighted by atomic mass is 10.5. The van der Waals surface area contributed by atoms with Gasteiger partial charge in [-0.3, -0.25) is 14.1 Å². The maximum absolute atomic E-state index is 10.7. The van der Waals surface area contributed by atoms with E-state index < -0.39 is 31.3 Å². The molecule has 0 aliphatic heterocycles. The average molecular weight is 396 g/mol. The summed E-state index contributed by atoms with van der Waals surface area (Å²) in [5.41, 5.74) is -11.1. The topological polar surface area (TPSA) is 157 Å². The Hall–Kier alpha value is -1.49. The van der Waals surface area contributed by atoms with Crippen molar-refractivity contribution in [3.63, 3.8) is 0 Å². The van der Waals surface area contributed by atoms with Gasteiger partial charge >= 0.3 is 31.3 Å². The van der Waals surface area contributed by atoms with Crippen molar-refractivity contribution in [3.05, 3.63) is 30.6 Å². The van der Waals surface area contributed by atoms with E-state index in [4.69, 9.17) is 25.9 Å². The van der Waals surface area contributed by atoms with Gasteiger partial charge in [0.25, 0.3) is 0 Å². The molecular weight excluding hydrogens is 386 g/mol. The average Bonchev–Trinajstić information content (AvgIpc) is 2.27. The van der Waals surface area contributed by atoms with Crippen molar-refractivity contribution in [2.24, 2.45) is 0 Å². The van der Waals surface area contributed by atoms with Crippen LogP contribution in [-0.2, 0) is 20.2 Å². The number of pyridine rings is 1. The minimum atomic E-state index is -5.84. The quantitative estimate of drug-likeness (QED) is 0.341. The number of halogens is 6. The van der Waals surface area contributed by atoms with Crippen LogP contribution in [0.4, 0.5) is 26.3 Å². The highest BCUT2D eigenvalue weighted by molar-refractivity contribution is 7.86. The predicted molar refractivity (Wildman–Crippen MR) is 64.5 cm³/mol. The van der Waals surface area contributed by atoms with Gasteiger partial charge in [0.15, 0.2) is 0 Å². The summed E-state index contributed by atoms with van der Waals surface area (Å²) in [4.78, 5) is 3.78. The summed E-state index contributed by atoms with van der Waals surface area (Å²) in [6.45, 7) is 0. The van der Waals surface area contributed by atoms with Gasteiger partial charge in [-0.25, -0.2) is 0 Å². The molecule has 23 heavy (non-hydrogen) atoms. The molecule has 0 radical (unpaired) electrons. The van der Waals surface area contributed by atoms with Crippen molar-refractivity contribution < 1.29 is 52.3 Å². The van der Waals surface area contributed by atoms with Crippen LogP contribution < -0.4 is 6.15 Å². The molecule has 8 nitrogen and oxygen atoms in total. The SMILES string of the molecule is N.O=S(=O)(O)C(F)(F)F.O=S(=O)(O)C(F)(F)F.c1ccncc1. The van der Waals surface area contributed by atoms with E-state index in [0.717, 1.165) is 0 Å². The van der Waals surface area contributed by atoms with Crippen LogP contribution in [0.2, 0.25) is 0 Å². The molecule has 0 atom stereocenters. The highest BCUT2D eigenvalue weighted by Gasteiger charge is 2.45. The second-order valence-electron chi connectivity index (χ2n) is 2.87. The summed E-state index contributed by atoms with van der Waals surface area (Å²) < 4.78 is 115. The minimum absolute atomic E-state index is 0. The maximum atomic E-state index is 10.7. The number of hydrogen-bond donors (Lipinski definition) is 3. The van der Waals surface area contributed by atoms with Crippen molar-refractivity contribution in [1.29, 1.82) is 0 Å². The molecule has 0 aromatic carbocycles. The van der Waals surface area contributed by atoms with Crippen molar-refractivity contribution >= 4 is 20.2 Å². The van der Waals surface area contributed by atoms with Crippen LogP contribution >= 0.6 is 0 Å². The summed E-state index contributed by atoms with van der Waals surface area (Å²) in [5.74, 6) is 0. The zero-order valence-electron chi connectivity index (χ0n) is 10.7. The molecule has 1 rings (SSSR count). The third-order valence-corrected chi connectivity index (χ3v) is 2.32. The van der Waals surface area contributed by atoms with Crippen LogP contribution in [0.15, 0.2) is 30.6 Å². The van der Waals surface area contributed by atoms with Gasteiger partial charge in [-0.15, -0.1) is 0 Å². The van der Waals surface area contributed by atoms with Crippen molar-refractivity contribution in [2.75, 3.05) is 0 Å². The van der Waals surface area contributed by atoms with Crippen LogP contribution in [0.3, 0.4) is 0 Å². The Labute approximate surface area is 126 Å². The van der Waals surface area contributed by atoms with Gasteiger partial charge in [-0.2, -0.15) is 43.2 Å². The molecule has 0 aliphatic carbocycles. The summed E-state index contributed by atoms with van der Waals surface area (Å²) in [7, 11) is -11.7. The lowest BCUT2D eigenvalue weighted by Crippen LogP contribution is -2.21. The molecule has 5 N–H and O–H groups in total. The maximum Gasteiger partial charge on any atom is 0.522 e. The zero-order valence-corrected chi connectivity index (χ0v) is 12.3. The fourth-order valence-corrected chi connectivity index (χ4v) is 0.313. The van der Waals surface area contributed by atoms with Gasteiger partial charge in [0, 0.05) is 12.4 Å². The first-order valence-electron chi connectivity index (χ1n) is 4.42. The molecule has 1 aromatic heterocycles. The Bertz CT molecular complexity index is 559. The number of hydrogen-bond acceptors (Lipinski definition) is 6. The van der Waals surface area contributed by atoms with Crippen molar-refractivity contribution in [3.8, 4) is 0 Å². The summed E-state index contributed by atoms with van der Waals surface area (Å²) >= 11 is 0. The van der Waals surface area contributed by atoms with E-state index in [1.807, 2.05) is 18.2 Å². The third kappa shape index (κ3) is 13.9. The van der Waals surface area contributed by atoms with Crippen molar-refractivity contribution in [2.45, 2.75) is 11.0 Å². The number of alkyl halides is 6. The molecule has 16 heteroatoms. The van der Waals surface area contributed by atoms with Crippen molar-refractivity contribution in [1.82, 2.24) is 11.1 Å². The van der Waals surface area contributed by atoms with Gasteiger partial charge in [0.05, 0.1) is 0 Å². The summed E-state index contributed by atoms with van der Waals surface area (Å²) in [6, 6.07) is 5.72. The first kappa shape index (κ1) is 26.4. The molecule has 138 valence electrons. The molecule has 0 saturated carbocycles. The molecule has 0 spiro atoms. The second kappa shape index (κ2) is 9.60. The smallest absolute Gasteiger partial charge is 0.344 e. The van der Waals surface area contributed by atoms with Gasteiger partial charge in [0.2, 0.25) is 0 Å². The molecule has 0 aliphatic rings. The normalized spacial score (nSPS) is 11.8. The Kier molecular flexibility index (Phi) is 11.0. The number of aromatic nitrogens is 1. The van der Waals surface area contributed by atoms with Crippen LogP contribution in [-0.4, -0.2) is 41.9 Å². The van der Waals surface area contributed by atoms with Gasteiger partial charge in [-0.1, -0.05) is 6.07 Å². The number of rotatable bonds is 0. The molecule has 0 unspecified atom stereocenters. The fourth-order valence-electron chi connectivity index (χ4n) is 0.313. The van der Waals surface area contributed by atoms with E-state index in [2.05, 4.69) is 4.98 Å². The second-order valence-corrected chi connectivity index (χ2v) is 5.69. The highest BCUT2D eigenvalue weighted by Crippen LogP contribution is 2.21. The van der Waals surface area contributed by atoms with E-state index in [9.17, 15) is 26.3 Å². The first-order valence-corrected chi connectivity index (χ1v) is 7.30. The Morgan fingerprint density at radius 3 is 0.957 bits per heavy atom. The lowest BCUT2D eigenvalue weighted by Gasteiger charge is -1.97. The standard InChI is InChI=1S/C5H5N.2CHF3O3S.H3N/c1-2-4-6-5-3-1;2*2-1(3,4)8(5,6)7;/h1-5H;2*(H,5,6,7);1H3. The Morgan fingerprint density at radius 1 is 0.696 bits per heavy atom. The lowest BCUT2D eigenvalue weighted by molar-refractivity contribution is -0.0514. The summed E-state index contributed by atoms with van der Waals surface area (Å²) in [6.07, 6.45) is 3.50. The van der Waals surface area contributed by atoms with E-state index >= 15 is 0 Å². The van der Waals surface area contributed by atoms with Crippen LogP contribution in [0.1, 0.15) is 0 Å². The fraction of sp³-hybridized carbons (Fsp3) is 0.286. The third-order valence-electron chi connectivity index (χ3n) is 1.15. The molecule has 1 aromatic rings. The highest BCUT2D eigenvalue weighted by atomic mass is 32.2. The largest absolute Gasteiger partial charge is 0.522 e. The Balaban J connectivity index is -0.000000257. The minimum Gasteiger partial charge on any atom is -0.344 e. The molecule has 0 fully saturated rings. The molecule has 1 heterocycles. The molecule has 0 bridgehead atoms. The molecular formula is C7H10F6N2O6S2. The van der Waals surface area contributed by atoms with E-state index in [1.54, 1.807) is 12.4 Å². The van der Waals surface area contributed by atoms with Crippen LogP contribution in [0.25, 0.3) is 0 Å². The predicted octanol–water partition coefficient (Wildman–Crippen LogP) is 2.03. The first-order chi connectivity index (χ1) is 9.50. The molecule has 0 saturated heterocycles. The molecule has 0 amide bonds. The van der Waals surface area contributed by atoms with E-state index in [1.165, 1.54) is 0 Å².